The summed E-state index contributed by atoms with van der Waals surface area (Å²) in [5.74, 6) is -1.04. The van der Waals surface area contributed by atoms with Gasteiger partial charge < -0.3 is 20.1 Å². The summed E-state index contributed by atoms with van der Waals surface area (Å²) in [6.45, 7) is 5.30. The lowest BCUT2D eigenvalue weighted by molar-refractivity contribution is -0.154. The molecule has 0 radical (unpaired) electrons. The predicted octanol–water partition coefficient (Wildman–Crippen LogP) is 1.36. The Labute approximate surface area is 121 Å². The Morgan fingerprint density at radius 3 is 2.90 bits per heavy atom. The molecular formula is C13H18N2O4S. The summed E-state index contributed by atoms with van der Waals surface area (Å²) in [5, 5.41) is 11.7. The largest absolute Gasteiger partial charge is 0.479 e. The van der Waals surface area contributed by atoms with Gasteiger partial charge >= 0.3 is 12.0 Å². The Morgan fingerprint density at radius 1 is 1.55 bits per heavy atom. The number of thiophene rings is 1. The molecule has 0 spiro atoms. The number of carboxylic acid groups (broad SMARTS) is 1. The molecule has 7 heteroatoms. The van der Waals surface area contributed by atoms with Crippen molar-refractivity contribution in [3.63, 3.8) is 0 Å². The average molecular weight is 298 g/mol. The molecule has 1 aliphatic heterocycles. The number of aryl methyl sites for hydroxylation is 2. The molecule has 1 aliphatic rings. The lowest BCUT2D eigenvalue weighted by atomic mass is 10.3. The third-order valence-corrected chi connectivity index (χ3v) is 4.41. The van der Waals surface area contributed by atoms with E-state index in [-0.39, 0.29) is 19.2 Å². The van der Waals surface area contributed by atoms with Crippen LogP contribution < -0.4 is 5.32 Å². The number of hydrogen-bond donors (Lipinski definition) is 2. The number of aliphatic carboxylic acids is 1. The van der Waals surface area contributed by atoms with Crippen LogP contribution in [0, 0.1) is 13.8 Å². The fraction of sp³-hybridized carbons (Fsp3) is 0.538. The zero-order valence-electron chi connectivity index (χ0n) is 11.5. The van der Waals surface area contributed by atoms with E-state index in [4.69, 9.17) is 9.84 Å². The van der Waals surface area contributed by atoms with E-state index in [0.29, 0.717) is 13.1 Å². The van der Waals surface area contributed by atoms with E-state index in [1.54, 1.807) is 11.3 Å². The van der Waals surface area contributed by atoms with Crippen molar-refractivity contribution in [1.82, 2.24) is 10.2 Å². The number of amides is 2. The van der Waals surface area contributed by atoms with Crippen molar-refractivity contribution in [2.24, 2.45) is 0 Å². The predicted molar refractivity (Wildman–Crippen MR) is 75.0 cm³/mol. The Morgan fingerprint density at radius 2 is 2.30 bits per heavy atom. The maximum Gasteiger partial charge on any atom is 0.334 e. The van der Waals surface area contributed by atoms with Crippen molar-refractivity contribution in [1.29, 1.82) is 0 Å². The quantitative estimate of drug-likeness (QED) is 0.883. The second-order valence-corrected chi connectivity index (χ2v) is 6.10. The van der Waals surface area contributed by atoms with Crippen LogP contribution >= 0.6 is 11.3 Å². The molecule has 0 bridgehead atoms. The van der Waals surface area contributed by atoms with Crippen molar-refractivity contribution < 1.29 is 19.4 Å². The van der Waals surface area contributed by atoms with Crippen LogP contribution in [0.25, 0.3) is 0 Å². The summed E-state index contributed by atoms with van der Waals surface area (Å²) in [6, 6.07) is 1.81. The minimum atomic E-state index is -1.04. The first-order chi connectivity index (χ1) is 9.47. The molecule has 1 unspecified atom stereocenters. The van der Waals surface area contributed by atoms with E-state index < -0.39 is 12.1 Å². The third-order valence-electron chi connectivity index (χ3n) is 3.26. The lowest BCUT2D eigenvalue weighted by Gasteiger charge is -2.30. The number of carbonyl (C=O) groups is 2. The summed E-state index contributed by atoms with van der Waals surface area (Å²) >= 11 is 1.66. The molecule has 2 N–H and O–H groups in total. The van der Waals surface area contributed by atoms with E-state index in [9.17, 15) is 9.59 Å². The van der Waals surface area contributed by atoms with Gasteiger partial charge in [-0.25, -0.2) is 9.59 Å². The molecule has 20 heavy (non-hydrogen) atoms. The molecule has 1 aromatic heterocycles. The Hall–Kier alpha value is -1.60. The molecule has 0 saturated carbocycles. The first kappa shape index (κ1) is 14.8. The van der Waals surface area contributed by atoms with E-state index in [1.165, 1.54) is 15.3 Å². The fourth-order valence-electron chi connectivity index (χ4n) is 1.99. The fourth-order valence-corrected chi connectivity index (χ4v) is 2.99. The van der Waals surface area contributed by atoms with Crippen LogP contribution in [0.1, 0.15) is 15.3 Å². The van der Waals surface area contributed by atoms with Crippen LogP contribution in [-0.2, 0) is 16.1 Å². The summed E-state index contributed by atoms with van der Waals surface area (Å²) in [7, 11) is 0. The van der Waals surface area contributed by atoms with Crippen molar-refractivity contribution in [2.45, 2.75) is 26.5 Å². The van der Waals surface area contributed by atoms with Gasteiger partial charge in [-0.1, -0.05) is 0 Å². The van der Waals surface area contributed by atoms with Gasteiger partial charge in [0, 0.05) is 16.3 Å². The molecule has 2 heterocycles. The maximum absolute atomic E-state index is 12.0. The summed E-state index contributed by atoms with van der Waals surface area (Å²) < 4.78 is 5.08. The maximum atomic E-state index is 12.0. The zero-order chi connectivity index (χ0) is 14.7. The number of carbonyl (C=O) groups excluding carboxylic acids is 1. The molecule has 0 aliphatic carbocycles. The smallest absolute Gasteiger partial charge is 0.334 e. The van der Waals surface area contributed by atoms with Gasteiger partial charge in [0.25, 0.3) is 0 Å². The molecule has 0 aromatic carbocycles. The minimum absolute atomic E-state index is 0.0870. The standard InChI is InChI=1S/C13H18N2O4S/c1-8-5-10(20-9(8)2)6-14-13(18)15-3-4-19-11(7-15)12(16)17/h5,11H,3-4,6-7H2,1-2H3,(H,14,18)(H,16,17). The van der Waals surface area contributed by atoms with Gasteiger partial charge in [-0.05, 0) is 25.5 Å². The molecule has 110 valence electrons. The van der Waals surface area contributed by atoms with Crippen LogP contribution in [0.5, 0.6) is 0 Å². The van der Waals surface area contributed by atoms with Crippen molar-refractivity contribution >= 4 is 23.3 Å². The molecule has 1 fully saturated rings. The van der Waals surface area contributed by atoms with Gasteiger partial charge in [-0.2, -0.15) is 0 Å². The summed E-state index contributed by atoms with van der Waals surface area (Å²) in [5.41, 5.74) is 1.22. The number of hydrogen-bond acceptors (Lipinski definition) is 4. The van der Waals surface area contributed by atoms with Crippen LogP contribution in [0.15, 0.2) is 6.07 Å². The normalized spacial score (nSPS) is 18.9. The van der Waals surface area contributed by atoms with Gasteiger partial charge in [0.15, 0.2) is 6.10 Å². The molecule has 2 rings (SSSR count). The summed E-state index contributed by atoms with van der Waals surface area (Å²) in [4.78, 5) is 26.7. The van der Waals surface area contributed by atoms with Crippen LogP contribution in [-0.4, -0.2) is 47.8 Å². The highest BCUT2D eigenvalue weighted by Crippen LogP contribution is 2.20. The molecule has 1 saturated heterocycles. The van der Waals surface area contributed by atoms with Crippen molar-refractivity contribution in [3.8, 4) is 0 Å². The van der Waals surface area contributed by atoms with Crippen LogP contribution in [0.4, 0.5) is 4.79 Å². The number of morpholine rings is 1. The SMILES string of the molecule is Cc1cc(CNC(=O)N2CCOC(C(=O)O)C2)sc1C. The number of carboxylic acids is 1. The van der Waals surface area contributed by atoms with Crippen LogP contribution in [0.2, 0.25) is 0 Å². The van der Waals surface area contributed by atoms with Gasteiger partial charge in [0.1, 0.15) is 0 Å². The first-order valence-corrected chi connectivity index (χ1v) is 7.22. The number of nitrogens with one attached hydrogen (secondary N) is 1. The minimum Gasteiger partial charge on any atom is -0.479 e. The van der Waals surface area contributed by atoms with E-state index in [2.05, 4.69) is 11.4 Å². The monoisotopic (exact) mass is 298 g/mol. The highest BCUT2D eigenvalue weighted by molar-refractivity contribution is 7.12. The highest BCUT2D eigenvalue weighted by atomic mass is 32.1. The molecule has 2 amide bonds. The second kappa shape index (κ2) is 6.23. The van der Waals surface area contributed by atoms with Crippen molar-refractivity contribution in [2.75, 3.05) is 19.7 Å². The molecule has 1 atom stereocenters. The molecule has 1 aromatic rings. The lowest BCUT2D eigenvalue weighted by Crippen LogP contribution is -2.51. The Kier molecular flexibility index (Phi) is 4.61. The number of nitrogens with zero attached hydrogens (tertiary/aromatic N) is 1. The topological polar surface area (TPSA) is 78.9 Å². The van der Waals surface area contributed by atoms with Gasteiger partial charge in [-0.15, -0.1) is 11.3 Å². The van der Waals surface area contributed by atoms with Gasteiger partial charge in [0.2, 0.25) is 0 Å². The summed E-state index contributed by atoms with van der Waals surface area (Å²) in [6.07, 6.45) is -0.930. The second-order valence-electron chi connectivity index (χ2n) is 4.75. The molecule has 6 nitrogen and oxygen atoms in total. The van der Waals surface area contributed by atoms with Gasteiger partial charge in [0.05, 0.1) is 19.7 Å². The Balaban J connectivity index is 1.86. The number of ether oxygens (including phenoxy) is 1. The molecular weight excluding hydrogens is 280 g/mol. The number of urea groups is 1. The van der Waals surface area contributed by atoms with Gasteiger partial charge in [-0.3, -0.25) is 0 Å². The van der Waals surface area contributed by atoms with E-state index >= 15 is 0 Å². The highest BCUT2D eigenvalue weighted by Gasteiger charge is 2.28. The number of rotatable bonds is 3. The third kappa shape index (κ3) is 3.49. The van der Waals surface area contributed by atoms with Crippen molar-refractivity contribution in [3.05, 3.63) is 21.4 Å². The van der Waals surface area contributed by atoms with E-state index in [0.717, 1.165) is 4.88 Å². The first-order valence-electron chi connectivity index (χ1n) is 6.40. The van der Waals surface area contributed by atoms with Crippen LogP contribution in [0.3, 0.4) is 0 Å². The average Bonchev–Trinajstić information content (AvgIpc) is 2.75. The zero-order valence-corrected chi connectivity index (χ0v) is 12.3. The Bertz CT molecular complexity index is 495. The van der Waals surface area contributed by atoms with E-state index in [1.807, 2.05) is 13.8 Å².